The number of methoxy groups -OCH3 is 2. The van der Waals surface area contributed by atoms with Crippen LogP contribution >= 0.6 is 0 Å². The number of rotatable bonds is 10. The summed E-state index contributed by atoms with van der Waals surface area (Å²) >= 11 is 0. The van der Waals surface area contributed by atoms with Crippen LogP contribution in [0, 0.1) is 0 Å². The number of hydrogen-bond donors (Lipinski definition) is 2. The standard InChI is InChI=1S/C22H24N4O10/c1-4-32-22(29)16-6-11(35-26-16)5-13-14(8-23-24-21(28)15-7-12(9-27)36-25-15)18(31-3)20-19(17(13)30-2)33-10-34-20/h7-8,11,27H,4-6,9-10H2,1-3H3,(H,24,28)/b23-8+/t11-/m0/s1. The van der Waals surface area contributed by atoms with E-state index in [9.17, 15) is 9.59 Å². The lowest BCUT2D eigenvalue weighted by atomic mass is 9.96. The number of benzene rings is 1. The molecule has 0 radical (unpaired) electrons. The SMILES string of the molecule is CCOC(=O)C1=NO[C@@H](Cc2c(/C=N/NC(=O)c3cc(CO)on3)c(OC)c3c(c2OC)OCO3)C1. The summed E-state index contributed by atoms with van der Waals surface area (Å²) < 4.78 is 32.2. The summed E-state index contributed by atoms with van der Waals surface area (Å²) in [4.78, 5) is 29.8. The van der Waals surface area contributed by atoms with Crippen molar-refractivity contribution in [3.05, 3.63) is 28.6 Å². The Kier molecular flexibility index (Phi) is 7.53. The summed E-state index contributed by atoms with van der Waals surface area (Å²) in [5, 5.41) is 20.5. The lowest BCUT2D eigenvalue weighted by Crippen LogP contribution is -2.20. The van der Waals surface area contributed by atoms with Gasteiger partial charge in [-0.2, -0.15) is 5.10 Å². The molecule has 0 aliphatic carbocycles. The molecule has 0 spiro atoms. The molecular formula is C22H24N4O10. The first-order valence-electron chi connectivity index (χ1n) is 10.9. The van der Waals surface area contributed by atoms with Crippen LogP contribution in [0.5, 0.6) is 23.0 Å². The quantitative estimate of drug-likeness (QED) is 0.268. The molecule has 2 aliphatic heterocycles. The van der Waals surface area contributed by atoms with Crippen molar-refractivity contribution in [3.8, 4) is 23.0 Å². The fraction of sp³-hybridized carbons (Fsp3) is 0.409. The molecule has 1 amide bonds. The second-order valence-corrected chi connectivity index (χ2v) is 7.45. The van der Waals surface area contributed by atoms with Crippen molar-refractivity contribution in [2.75, 3.05) is 27.6 Å². The molecule has 2 aromatic rings. The Morgan fingerprint density at radius 2 is 2.00 bits per heavy atom. The third-order valence-corrected chi connectivity index (χ3v) is 5.26. The summed E-state index contributed by atoms with van der Waals surface area (Å²) in [6.07, 6.45) is 1.27. The van der Waals surface area contributed by atoms with Gasteiger partial charge in [-0.3, -0.25) is 4.79 Å². The van der Waals surface area contributed by atoms with E-state index in [1.165, 1.54) is 26.5 Å². The molecule has 2 N–H and O–H groups in total. The van der Waals surface area contributed by atoms with E-state index in [2.05, 4.69) is 20.8 Å². The zero-order valence-electron chi connectivity index (χ0n) is 19.7. The maximum absolute atomic E-state index is 12.3. The van der Waals surface area contributed by atoms with Crippen molar-refractivity contribution in [2.45, 2.75) is 32.5 Å². The molecule has 14 nitrogen and oxygen atoms in total. The number of carbonyl (C=O) groups is 2. The van der Waals surface area contributed by atoms with Crippen LogP contribution in [0.2, 0.25) is 0 Å². The van der Waals surface area contributed by atoms with Crippen LogP contribution < -0.4 is 24.4 Å². The molecule has 4 rings (SSSR count). The predicted octanol–water partition coefficient (Wildman–Crippen LogP) is 0.927. The van der Waals surface area contributed by atoms with Crippen molar-refractivity contribution in [1.29, 1.82) is 0 Å². The topological polar surface area (TPSA) is 173 Å². The zero-order chi connectivity index (χ0) is 25.7. The normalized spacial score (nSPS) is 16.0. The first-order chi connectivity index (χ1) is 17.5. The number of nitrogens with zero attached hydrogens (tertiary/aromatic N) is 3. The summed E-state index contributed by atoms with van der Waals surface area (Å²) in [5.41, 5.74) is 3.43. The van der Waals surface area contributed by atoms with Gasteiger partial charge in [-0.1, -0.05) is 10.3 Å². The molecule has 1 aromatic heterocycles. The average molecular weight is 504 g/mol. The van der Waals surface area contributed by atoms with E-state index >= 15 is 0 Å². The number of hydrogen-bond acceptors (Lipinski definition) is 13. The third-order valence-electron chi connectivity index (χ3n) is 5.26. The number of carbonyl (C=O) groups excluding carboxylic acids is 2. The first kappa shape index (κ1) is 24.8. The zero-order valence-corrected chi connectivity index (χ0v) is 19.7. The minimum Gasteiger partial charge on any atom is -0.492 e. The Hall–Kier alpha value is -4.33. The fourth-order valence-corrected chi connectivity index (χ4v) is 3.70. The van der Waals surface area contributed by atoms with Gasteiger partial charge in [0.15, 0.2) is 28.7 Å². The largest absolute Gasteiger partial charge is 0.492 e. The molecule has 0 fully saturated rings. The van der Waals surface area contributed by atoms with Crippen LogP contribution in [-0.4, -0.2) is 67.8 Å². The lowest BCUT2D eigenvalue weighted by Gasteiger charge is -2.19. The molecule has 36 heavy (non-hydrogen) atoms. The van der Waals surface area contributed by atoms with Gasteiger partial charge in [-0.25, -0.2) is 10.2 Å². The summed E-state index contributed by atoms with van der Waals surface area (Å²) in [7, 11) is 2.92. The van der Waals surface area contributed by atoms with Gasteiger partial charge in [0.1, 0.15) is 12.7 Å². The highest BCUT2D eigenvalue weighted by Gasteiger charge is 2.34. The Bertz CT molecular complexity index is 1210. The minimum atomic E-state index is -0.658. The number of aliphatic hydroxyl groups is 1. The maximum atomic E-state index is 12.3. The van der Waals surface area contributed by atoms with Crippen molar-refractivity contribution < 1.29 is 47.7 Å². The van der Waals surface area contributed by atoms with Crippen LogP contribution in [-0.2, 0) is 27.4 Å². The average Bonchev–Trinajstić information content (AvgIpc) is 3.65. The number of nitrogens with one attached hydrogen (secondary N) is 1. The van der Waals surface area contributed by atoms with Crippen LogP contribution in [0.25, 0.3) is 0 Å². The van der Waals surface area contributed by atoms with E-state index in [0.29, 0.717) is 34.1 Å². The van der Waals surface area contributed by atoms with Crippen LogP contribution in [0.4, 0.5) is 0 Å². The number of hydrazone groups is 1. The summed E-state index contributed by atoms with van der Waals surface area (Å²) in [6, 6.07) is 1.29. The van der Waals surface area contributed by atoms with Crippen LogP contribution in [0.15, 0.2) is 20.8 Å². The molecule has 3 heterocycles. The fourth-order valence-electron chi connectivity index (χ4n) is 3.70. The molecule has 14 heteroatoms. The van der Waals surface area contributed by atoms with Gasteiger partial charge in [-0.05, 0) is 6.92 Å². The van der Waals surface area contributed by atoms with Crippen molar-refractivity contribution in [2.24, 2.45) is 10.3 Å². The number of aliphatic hydroxyl groups excluding tert-OH is 1. The molecule has 0 saturated heterocycles. The Balaban J connectivity index is 1.63. The molecule has 192 valence electrons. The smallest absolute Gasteiger partial charge is 0.356 e. The van der Waals surface area contributed by atoms with Gasteiger partial charge in [-0.15, -0.1) is 0 Å². The van der Waals surface area contributed by atoms with E-state index in [1.807, 2.05) is 0 Å². The predicted molar refractivity (Wildman–Crippen MR) is 120 cm³/mol. The maximum Gasteiger partial charge on any atom is 0.356 e. The van der Waals surface area contributed by atoms with Gasteiger partial charge in [0.2, 0.25) is 18.3 Å². The van der Waals surface area contributed by atoms with E-state index in [-0.39, 0.29) is 43.4 Å². The first-order valence-corrected chi connectivity index (χ1v) is 10.9. The van der Waals surface area contributed by atoms with Gasteiger partial charge >= 0.3 is 5.97 Å². The second kappa shape index (κ2) is 10.9. The second-order valence-electron chi connectivity index (χ2n) is 7.45. The van der Waals surface area contributed by atoms with E-state index in [1.54, 1.807) is 6.92 Å². The van der Waals surface area contributed by atoms with Gasteiger partial charge in [0.25, 0.3) is 5.91 Å². The summed E-state index contributed by atoms with van der Waals surface area (Å²) in [5.74, 6) is 0.235. The highest BCUT2D eigenvalue weighted by molar-refractivity contribution is 6.36. The highest BCUT2D eigenvalue weighted by atomic mass is 16.7. The Morgan fingerprint density at radius 1 is 1.25 bits per heavy atom. The molecule has 1 aromatic carbocycles. The number of ether oxygens (including phenoxy) is 5. The van der Waals surface area contributed by atoms with E-state index < -0.39 is 24.6 Å². The molecule has 0 bridgehead atoms. The lowest BCUT2D eigenvalue weighted by molar-refractivity contribution is -0.135. The number of amides is 1. The van der Waals surface area contributed by atoms with Crippen molar-refractivity contribution >= 4 is 23.8 Å². The van der Waals surface area contributed by atoms with Crippen LogP contribution in [0.1, 0.15) is 40.7 Å². The summed E-state index contributed by atoms with van der Waals surface area (Å²) in [6.45, 7) is 1.48. The minimum absolute atomic E-state index is 0.0474. The number of aromatic nitrogens is 1. The highest BCUT2D eigenvalue weighted by Crippen LogP contribution is 2.52. The molecule has 1 atom stereocenters. The van der Waals surface area contributed by atoms with Gasteiger partial charge < -0.3 is 38.2 Å². The molecular weight excluding hydrogens is 480 g/mol. The molecule has 2 aliphatic rings. The van der Waals surface area contributed by atoms with E-state index in [4.69, 9.17) is 38.2 Å². The number of fused-ring (bicyclic) bond motifs is 1. The third kappa shape index (κ3) is 4.88. The van der Waals surface area contributed by atoms with Crippen molar-refractivity contribution in [3.63, 3.8) is 0 Å². The molecule has 0 unspecified atom stereocenters. The number of esters is 1. The Morgan fingerprint density at radius 3 is 2.67 bits per heavy atom. The van der Waals surface area contributed by atoms with Gasteiger partial charge in [0, 0.05) is 30.0 Å². The van der Waals surface area contributed by atoms with Crippen LogP contribution in [0.3, 0.4) is 0 Å². The van der Waals surface area contributed by atoms with Crippen molar-refractivity contribution in [1.82, 2.24) is 10.6 Å². The monoisotopic (exact) mass is 504 g/mol. The molecule has 0 saturated carbocycles. The van der Waals surface area contributed by atoms with Gasteiger partial charge in [0.05, 0.1) is 27.0 Å². The Labute approximate surface area is 204 Å². The number of oxime groups is 1. The van der Waals surface area contributed by atoms with E-state index in [0.717, 1.165) is 0 Å².